The van der Waals surface area contributed by atoms with Gasteiger partial charge in [0, 0.05) is 0 Å². The van der Waals surface area contributed by atoms with Gasteiger partial charge in [0.15, 0.2) is 0 Å². The summed E-state index contributed by atoms with van der Waals surface area (Å²) >= 11 is 0. The Balaban J connectivity index is 0. The maximum atomic E-state index is 14.0. The highest BCUT2D eigenvalue weighted by atomic mass is 19.2. The third kappa shape index (κ3) is 4.35. The van der Waals surface area contributed by atoms with Crippen molar-refractivity contribution in [3.05, 3.63) is 0 Å². The highest BCUT2D eigenvalue weighted by molar-refractivity contribution is 4.93. The zero-order chi connectivity index (χ0) is 12.6. The molecule has 0 saturated heterocycles. The van der Waals surface area contributed by atoms with Crippen LogP contribution in [0.2, 0.25) is 0 Å². The maximum absolute atomic E-state index is 14.0. The molecule has 0 amide bonds. The normalized spacial score (nSPS) is 44.5. The Kier molecular flexibility index (Phi) is 9.77. The smallest absolute Gasteiger partial charge is 0.135 e. The lowest BCUT2D eigenvalue weighted by Gasteiger charge is -2.41. The summed E-state index contributed by atoms with van der Waals surface area (Å²) in [6, 6.07) is 0. The average molecular weight is 300 g/mol. The van der Waals surface area contributed by atoms with Crippen LogP contribution in [0.15, 0.2) is 0 Å². The summed E-state index contributed by atoms with van der Waals surface area (Å²) in [5, 5.41) is 0. The second-order valence-corrected chi connectivity index (χ2v) is 6.21. The van der Waals surface area contributed by atoms with Gasteiger partial charge in [0.1, 0.15) is 18.5 Å². The molecule has 0 aromatic carbocycles. The van der Waals surface area contributed by atoms with Crippen molar-refractivity contribution in [1.29, 1.82) is 0 Å². The van der Waals surface area contributed by atoms with Crippen LogP contribution in [0.3, 0.4) is 0 Å². The van der Waals surface area contributed by atoms with Crippen LogP contribution in [0.1, 0.15) is 53.4 Å². The number of rotatable bonds is 1. The SMILES string of the molecule is C.CC1CCC(C2CCC(C)C(F)C2F)C(F)C1.O.O. The van der Waals surface area contributed by atoms with E-state index in [4.69, 9.17) is 0 Å². The quantitative estimate of drug-likeness (QED) is 0.712. The lowest BCUT2D eigenvalue weighted by Crippen LogP contribution is -2.44. The molecule has 0 bridgehead atoms. The molecule has 2 nitrogen and oxygen atoms in total. The molecule has 0 heterocycles. The molecule has 7 unspecified atom stereocenters. The minimum Gasteiger partial charge on any atom is -0.412 e. The average Bonchev–Trinajstić information content (AvgIpc) is 2.28. The van der Waals surface area contributed by atoms with Crippen molar-refractivity contribution >= 4 is 0 Å². The fourth-order valence-electron chi connectivity index (χ4n) is 3.59. The molecular weight excluding hydrogens is 269 g/mol. The van der Waals surface area contributed by atoms with Gasteiger partial charge < -0.3 is 11.0 Å². The number of hydrogen-bond acceptors (Lipinski definition) is 0. The van der Waals surface area contributed by atoms with Crippen molar-refractivity contribution in [3.63, 3.8) is 0 Å². The van der Waals surface area contributed by atoms with Crippen LogP contribution >= 0.6 is 0 Å². The third-order valence-corrected chi connectivity index (χ3v) is 4.85. The first-order chi connectivity index (χ1) is 8.00. The van der Waals surface area contributed by atoms with E-state index in [1.165, 1.54) is 0 Å². The van der Waals surface area contributed by atoms with Gasteiger partial charge in [-0.1, -0.05) is 27.7 Å². The van der Waals surface area contributed by atoms with Gasteiger partial charge in [0.05, 0.1) is 0 Å². The van der Waals surface area contributed by atoms with Crippen molar-refractivity contribution < 1.29 is 24.1 Å². The minimum atomic E-state index is -1.45. The van der Waals surface area contributed by atoms with Crippen LogP contribution in [-0.4, -0.2) is 29.5 Å². The van der Waals surface area contributed by atoms with Crippen molar-refractivity contribution in [1.82, 2.24) is 0 Å². The highest BCUT2D eigenvalue weighted by Crippen LogP contribution is 2.44. The fraction of sp³-hybridized carbons (Fsp3) is 1.00. The van der Waals surface area contributed by atoms with Crippen LogP contribution in [0, 0.1) is 23.7 Å². The van der Waals surface area contributed by atoms with Crippen LogP contribution in [0.25, 0.3) is 0 Å². The molecule has 124 valence electrons. The summed E-state index contributed by atoms with van der Waals surface area (Å²) in [6.45, 7) is 3.79. The summed E-state index contributed by atoms with van der Waals surface area (Å²) < 4.78 is 41.7. The Bertz CT molecular complexity index is 266. The van der Waals surface area contributed by atoms with Crippen molar-refractivity contribution in [2.75, 3.05) is 0 Å². The van der Waals surface area contributed by atoms with Gasteiger partial charge in [0.2, 0.25) is 0 Å². The first kappa shape index (κ1) is 22.0. The largest absolute Gasteiger partial charge is 0.412 e. The first-order valence-electron chi connectivity index (χ1n) is 6.93. The van der Waals surface area contributed by atoms with E-state index in [2.05, 4.69) is 0 Å². The third-order valence-electron chi connectivity index (χ3n) is 4.85. The van der Waals surface area contributed by atoms with Gasteiger partial charge in [-0.2, -0.15) is 0 Å². The highest BCUT2D eigenvalue weighted by Gasteiger charge is 2.45. The van der Waals surface area contributed by atoms with Gasteiger partial charge in [-0.05, 0) is 49.4 Å². The molecule has 5 heteroatoms. The van der Waals surface area contributed by atoms with E-state index in [9.17, 15) is 13.2 Å². The second kappa shape index (κ2) is 8.88. The number of alkyl halides is 3. The molecule has 0 spiro atoms. The summed E-state index contributed by atoms with van der Waals surface area (Å²) in [4.78, 5) is 0. The van der Waals surface area contributed by atoms with Gasteiger partial charge >= 0.3 is 0 Å². The zero-order valence-corrected chi connectivity index (χ0v) is 11.7. The zero-order valence-electron chi connectivity index (χ0n) is 11.7. The Morgan fingerprint density at radius 1 is 0.750 bits per heavy atom. The molecule has 2 aliphatic rings. The van der Waals surface area contributed by atoms with Crippen molar-refractivity contribution in [2.45, 2.75) is 71.9 Å². The van der Waals surface area contributed by atoms with E-state index in [1.54, 1.807) is 6.92 Å². The van der Waals surface area contributed by atoms with E-state index < -0.39 is 18.5 Å². The maximum Gasteiger partial charge on any atom is 0.135 e. The standard InChI is InChI=1S/C14H23F3.CH4.2H2O/c1-8-3-5-10(12(15)7-8)11-6-4-9(2)13(16)14(11)17;;;/h8-14H,3-7H2,1-2H3;1H4;2*1H2. The van der Waals surface area contributed by atoms with Crippen LogP contribution < -0.4 is 0 Å². The van der Waals surface area contributed by atoms with Gasteiger partial charge in [-0.25, -0.2) is 13.2 Å². The molecule has 0 aromatic rings. The fourth-order valence-corrected chi connectivity index (χ4v) is 3.59. The minimum absolute atomic E-state index is 0. The summed E-state index contributed by atoms with van der Waals surface area (Å²) in [5.74, 6) is -0.444. The molecule has 4 N–H and O–H groups in total. The van der Waals surface area contributed by atoms with Crippen molar-refractivity contribution in [3.8, 4) is 0 Å². The van der Waals surface area contributed by atoms with Crippen molar-refractivity contribution in [2.24, 2.45) is 23.7 Å². The Labute approximate surface area is 120 Å². The molecule has 2 aliphatic carbocycles. The molecule has 2 rings (SSSR count). The number of halogens is 3. The molecule has 0 aromatic heterocycles. The molecule has 2 fully saturated rings. The van der Waals surface area contributed by atoms with Crippen LogP contribution in [-0.2, 0) is 0 Å². The molecule has 20 heavy (non-hydrogen) atoms. The van der Waals surface area contributed by atoms with E-state index in [0.717, 1.165) is 12.8 Å². The second-order valence-electron chi connectivity index (χ2n) is 6.21. The molecule has 7 atom stereocenters. The Hall–Kier alpha value is -0.290. The monoisotopic (exact) mass is 300 g/mol. The predicted octanol–water partition coefficient (Wildman–Crippen LogP) is 3.47. The summed E-state index contributed by atoms with van der Waals surface area (Å²) in [5.41, 5.74) is 0. The van der Waals surface area contributed by atoms with Crippen LogP contribution in [0.5, 0.6) is 0 Å². The lowest BCUT2D eigenvalue weighted by atomic mass is 9.67. The molecule has 0 radical (unpaired) electrons. The Morgan fingerprint density at radius 2 is 1.30 bits per heavy atom. The van der Waals surface area contributed by atoms with E-state index in [0.29, 0.717) is 25.2 Å². The molecule has 0 aliphatic heterocycles. The Morgan fingerprint density at radius 3 is 1.85 bits per heavy atom. The molecular formula is C15H31F3O2. The van der Waals surface area contributed by atoms with Gasteiger partial charge in [-0.15, -0.1) is 0 Å². The first-order valence-corrected chi connectivity index (χ1v) is 6.93. The topological polar surface area (TPSA) is 63.0 Å². The van der Waals surface area contributed by atoms with E-state index >= 15 is 0 Å². The molecule has 2 saturated carbocycles. The van der Waals surface area contributed by atoms with Crippen LogP contribution in [0.4, 0.5) is 13.2 Å². The number of hydrogen-bond donors (Lipinski definition) is 0. The summed E-state index contributed by atoms with van der Waals surface area (Å²) in [7, 11) is 0. The van der Waals surface area contributed by atoms with Gasteiger partial charge in [-0.3, -0.25) is 0 Å². The van der Waals surface area contributed by atoms with Gasteiger partial charge in [0.25, 0.3) is 0 Å². The lowest BCUT2D eigenvalue weighted by molar-refractivity contribution is -0.0302. The summed E-state index contributed by atoms with van der Waals surface area (Å²) in [6.07, 6.45) is -0.193. The van der Waals surface area contributed by atoms with E-state index in [-0.39, 0.29) is 36.1 Å². The predicted molar refractivity (Wildman–Crippen MR) is 77.0 cm³/mol. The van der Waals surface area contributed by atoms with E-state index in [1.807, 2.05) is 6.92 Å².